The minimum atomic E-state index is -0.368. The van der Waals surface area contributed by atoms with Crippen molar-refractivity contribution in [2.75, 3.05) is 5.32 Å². The van der Waals surface area contributed by atoms with Gasteiger partial charge in [0, 0.05) is 5.02 Å². The minimum absolute atomic E-state index is 0.0172. The largest absolute Gasteiger partial charge is 0.507 e. The average Bonchev–Trinajstić information content (AvgIpc) is 2.50. The van der Waals surface area contributed by atoms with Crippen molar-refractivity contribution in [3.8, 4) is 17.1 Å². The lowest BCUT2D eigenvalue weighted by molar-refractivity contribution is 0.116. The summed E-state index contributed by atoms with van der Waals surface area (Å²) in [6.07, 6.45) is 5.05. The van der Waals surface area contributed by atoms with Gasteiger partial charge in [-0.3, -0.25) is 0 Å². The second kappa shape index (κ2) is 6.68. The molecule has 7 heteroatoms. The van der Waals surface area contributed by atoms with Crippen LogP contribution in [-0.2, 0) is 0 Å². The van der Waals surface area contributed by atoms with Crippen LogP contribution < -0.4 is 5.32 Å². The molecule has 0 spiro atoms. The number of rotatable bonds is 3. The molecule has 1 heterocycles. The fourth-order valence-electron chi connectivity index (χ4n) is 2.94. The lowest BCUT2D eigenvalue weighted by Gasteiger charge is -2.28. The molecule has 1 saturated carbocycles. The number of aryl methyl sites for hydroxylation is 1. The van der Waals surface area contributed by atoms with Crippen molar-refractivity contribution >= 4 is 17.4 Å². The predicted molar refractivity (Wildman–Crippen MR) is 88.6 cm³/mol. The molecule has 0 saturated heterocycles. The molecule has 2 aromatic rings. The smallest absolute Gasteiger partial charge is 0.185 e. The van der Waals surface area contributed by atoms with Gasteiger partial charge in [0.15, 0.2) is 11.6 Å². The van der Waals surface area contributed by atoms with Gasteiger partial charge < -0.3 is 15.5 Å². The second-order valence-corrected chi connectivity index (χ2v) is 6.32. The van der Waals surface area contributed by atoms with Gasteiger partial charge in [-0.25, -0.2) is 4.98 Å². The van der Waals surface area contributed by atoms with Crippen LogP contribution in [0.25, 0.3) is 11.4 Å². The number of anilines is 1. The molecule has 0 radical (unpaired) electrons. The van der Waals surface area contributed by atoms with Crippen LogP contribution in [0.4, 0.5) is 5.82 Å². The standard InChI is InChI=1S/C16H19ClN4O2/c1-9-6-10(17)7-13(23)15(9)16-18-8-14(20-21-16)19-11-4-2-3-5-12(11)22/h6-8,11-12,22-23H,2-5H2,1H3,(H,19,20)/t11-,12-/m1/s1. The SMILES string of the molecule is Cc1cc(Cl)cc(O)c1-c1ncc(N[C@@H]2CCCC[C@H]2O)nn1. The molecular formula is C16H19ClN4O2. The third kappa shape index (κ3) is 3.54. The van der Waals surface area contributed by atoms with E-state index in [1.54, 1.807) is 12.3 Å². The van der Waals surface area contributed by atoms with E-state index in [2.05, 4.69) is 20.5 Å². The minimum Gasteiger partial charge on any atom is -0.507 e. The molecule has 0 amide bonds. The van der Waals surface area contributed by atoms with Crippen molar-refractivity contribution in [3.63, 3.8) is 0 Å². The molecule has 122 valence electrons. The fourth-order valence-corrected chi connectivity index (χ4v) is 3.21. The van der Waals surface area contributed by atoms with E-state index in [0.29, 0.717) is 22.2 Å². The molecule has 2 atom stereocenters. The molecule has 3 N–H and O–H groups in total. The maximum Gasteiger partial charge on any atom is 0.185 e. The summed E-state index contributed by atoms with van der Waals surface area (Å²) in [6, 6.07) is 3.18. The molecule has 1 aliphatic rings. The van der Waals surface area contributed by atoms with Gasteiger partial charge in [-0.15, -0.1) is 10.2 Å². The van der Waals surface area contributed by atoms with Crippen molar-refractivity contribution in [1.29, 1.82) is 0 Å². The van der Waals surface area contributed by atoms with Crippen LogP contribution in [0.5, 0.6) is 5.75 Å². The first-order valence-corrected chi connectivity index (χ1v) is 8.06. The maximum atomic E-state index is 10.0. The number of nitrogens with zero attached hydrogens (tertiary/aromatic N) is 3. The zero-order valence-corrected chi connectivity index (χ0v) is 13.6. The fraction of sp³-hybridized carbons (Fsp3) is 0.438. The molecule has 23 heavy (non-hydrogen) atoms. The molecule has 1 aliphatic carbocycles. The monoisotopic (exact) mass is 334 g/mol. The molecule has 3 rings (SSSR count). The number of aromatic hydroxyl groups is 1. The van der Waals surface area contributed by atoms with Crippen LogP contribution in [-0.4, -0.2) is 37.5 Å². The lowest BCUT2D eigenvalue weighted by atomic mass is 9.93. The first-order chi connectivity index (χ1) is 11.0. The van der Waals surface area contributed by atoms with Crippen LogP contribution in [0.3, 0.4) is 0 Å². The number of aliphatic hydroxyl groups is 1. The quantitative estimate of drug-likeness (QED) is 0.799. The van der Waals surface area contributed by atoms with Crippen molar-refractivity contribution < 1.29 is 10.2 Å². The Kier molecular flexibility index (Phi) is 4.63. The maximum absolute atomic E-state index is 10.0. The number of halogens is 1. The van der Waals surface area contributed by atoms with Crippen LogP contribution in [0.1, 0.15) is 31.2 Å². The first kappa shape index (κ1) is 16.0. The van der Waals surface area contributed by atoms with Gasteiger partial charge >= 0.3 is 0 Å². The zero-order chi connectivity index (χ0) is 16.4. The highest BCUT2D eigenvalue weighted by atomic mass is 35.5. The molecule has 0 bridgehead atoms. The number of hydrogen-bond acceptors (Lipinski definition) is 6. The van der Waals surface area contributed by atoms with Crippen LogP contribution >= 0.6 is 11.6 Å². The van der Waals surface area contributed by atoms with E-state index in [4.69, 9.17) is 11.6 Å². The van der Waals surface area contributed by atoms with Crippen LogP contribution in [0.2, 0.25) is 5.02 Å². The van der Waals surface area contributed by atoms with E-state index >= 15 is 0 Å². The summed E-state index contributed by atoms with van der Waals surface area (Å²) in [5, 5.41) is 31.9. The van der Waals surface area contributed by atoms with Gasteiger partial charge in [0.05, 0.1) is 23.9 Å². The highest BCUT2D eigenvalue weighted by Crippen LogP contribution is 2.32. The van der Waals surface area contributed by atoms with E-state index in [0.717, 1.165) is 31.2 Å². The Morgan fingerprint density at radius 1 is 1.22 bits per heavy atom. The molecule has 1 aromatic heterocycles. The van der Waals surface area contributed by atoms with Gasteiger partial charge in [0.2, 0.25) is 0 Å². The normalized spacial score (nSPS) is 21.2. The first-order valence-electron chi connectivity index (χ1n) is 7.68. The molecule has 6 nitrogen and oxygen atoms in total. The number of hydrogen-bond donors (Lipinski definition) is 3. The Hall–Kier alpha value is -1.92. The molecular weight excluding hydrogens is 316 g/mol. The number of phenolic OH excluding ortho intramolecular Hbond substituents is 1. The van der Waals surface area contributed by atoms with Gasteiger partial charge in [0.1, 0.15) is 5.75 Å². The van der Waals surface area contributed by atoms with Crippen molar-refractivity contribution in [3.05, 3.63) is 28.9 Å². The highest BCUT2D eigenvalue weighted by molar-refractivity contribution is 6.30. The highest BCUT2D eigenvalue weighted by Gasteiger charge is 2.23. The molecule has 1 fully saturated rings. The molecule has 1 aromatic carbocycles. The van der Waals surface area contributed by atoms with Gasteiger partial charge in [-0.2, -0.15) is 0 Å². The summed E-state index contributed by atoms with van der Waals surface area (Å²) in [6.45, 7) is 1.83. The summed E-state index contributed by atoms with van der Waals surface area (Å²) < 4.78 is 0. The van der Waals surface area contributed by atoms with E-state index in [1.165, 1.54) is 6.07 Å². The second-order valence-electron chi connectivity index (χ2n) is 5.89. The van der Waals surface area contributed by atoms with E-state index in [9.17, 15) is 10.2 Å². The Bertz CT molecular complexity index is 670. The topological polar surface area (TPSA) is 91.2 Å². The summed E-state index contributed by atoms with van der Waals surface area (Å²) >= 11 is 5.91. The third-order valence-corrected chi connectivity index (χ3v) is 4.35. The Labute approximate surface area is 139 Å². The molecule has 0 unspecified atom stereocenters. The van der Waals surface area contributed by atoms with Crippen molar-refractivity contribution in [2.24, 2.45) is 0 Å². The predicted octanol–water partition coefficient (Wildman–Crippen LogP) is 2.92. The van der Waals surface area contributed by atoms with E-state index in [-0.39, 0.29) is 17.9 Å². The Morgan fingerprint density at radius 3 is 2.65 bits per heavy atom. The Morgan fingerprint density at radius 2 is 2.00 bits per heavy atom. The number of aromatic nitrogens is 3. The Balaban J connectivity index is 1.80. The van der Waals surface area contributed by atoms with Crippen molar-refractivity contribution in [2.45, 2.75) is 44.8 Å². The van der Waals surface area contributed by atoms with Gasteiger partial charge in [0.25, 0.3) is 0 Å². The van der Waals surface area contributed by atoms with Gasteiger partial charge in [-0.05, 0) is 37.5 Å². The van der Waals surface area contributed by atoms with Crippen LogP contribution in [0.15, 0.2) is 18.3 Å². The number of phenols is 1. The summed E-state index contributed by atoms with van der Waals surface area (Å²) in [4.78, 5) is 4.27. The number of nitrogens with one attached hydrogen (secondary N) is 1. The average molecular weight is 335 g/mol. The van der Waals surface area contributed by atoms with Crippen molar-refractivity contribution in [1.82, 2.24) is 15.2 Å². The zero-order valence-electron chi connectivity index (χ0n) is 12.8. The van der Waals surface area contributed by atoms with Gasteiger partial charge in [-0.1, -0.05) is 24.4 Å². The van der Waals surface area contributed by atoms with E-state index in [1.807, 2.05) is 6.92 Å². The number of aliphatic hydroxyl groups excluding tert-OH is 1. The van der Waals surface area contributed by atoms with Crippen LogP contribution in [0, 0.1) is 6.92 Å². The number of benzene rings is 1. The van der Waals surface area contributed by atoms with E-state index < -0.39 is 0 Å². The third-order valence-electron chi connectivity index (χ3n) is 4.13. The summed E-state index contributed by atoms with van der Waals surface area (Å²) in [5.74, 6) is 0.887. The summed E-state index contributed by atoms with van der Waals surface area (Å²) in [7, 11) is 0. The lowest BCUT2D eigenvalue weighted by Crippen LogP contribution is -2.36. The molecule has 0 aliphatic heterocycles. The summed E-state index contributed by atoms with van der Waals surface area (Å²) in [5.41, 5.74) is 1.30.